The SMILES string of the molecule is CC.c1ccc(CNC(c2ccccn2)c2ccccn2)nc1. The smallest absolute Gasteiger partial charge is 0.0928 e. The van der Waals surface area contributed by atoms with Crippen LogP contribution >= 0.6 is 0 Å². The molecule has 4 nitrogen and oxygen atoms in total. The molecular weight excluding hydrogens is 284 g/mol. The van der Waals surface area contributed by atoms with Gasteiger partial charge in [0.2, 0.25) is 0 Å². The van der Waals surface area contributed by atoms with Gasteiger partial charge in [-0.1, -0.05) is 32.0 Å². The lowest BCUT2D eigenvalue weighted by Gasteiger charge is -2.17. The highest BCUT2D eigenvalue weighted by atomic mass is 15.0. The molecule has 0 amide bonds. The maximum absolute atomic E-state index is 4.44. The minimum atomic E-state index is -0.0468. The Balaban J connectivity index is 0.000000924. The average molecular weight is 306 g/mol. The van der Waals surface area contributed by atoms with Gasteiger partial charge in [0.1, 0.15) is 0 Å². The van der Waals surface area contributed by atoms with Crippen LogP contribution in [-0.4, -0.2) is 15.0 Å². The number of nitrogens with zero attached hydrogens (tertiary/aromatic N) is 3. The number of nitrogens with one attached hydrogen (secondary N) is 1. The Bertz CT molecular complexity index is 617. The zero-order chi connectivity index (χ0) is 16.3. The van der Waals surface area contributed by atoms with Crippen LogP contribution in [0.3, 0.4) is 0 Å². The van der Waals surface area contributed by atoms with Crippen molar-refractivity contribution in [2.24, 2.45) is 0 Å². The average Bonchev–Trinajstić information content (AvgIpc) is 2.66. The predicted molar refractivity (Wildman–Crippen MR) is 92.7 cm³/mol. The molecule has 1 N–H and O–H groups in total. The molecule has 3 rings (SSSR count). The Morgan fingerprint density at radius 3 is 1.70 bits per heavy atom. The van der Waals surface area contributed by atoms with Crippen LogP contribution in [0.15, 0.2) is 73.2 Å². The molecule has 0 atom stereocenters. The third kappa shape index (κ3) is 4.97. The zero-order valence-electron chi connectivity index (χ0n) is 13.6. The highest BCUT2D eigenvalue weighted by Gasteiger charge is 2.15. The van der Waals surface area contributed by atoms with Gasteiger partial charge in [-0.15, -0.1) is 0 Å². The Morgan fingerprint density at radius 2 is 1.26 bits per heavy atom. The standard InChI is InChI=1S/C17H16N4.C2H6/c1-4-10-18-14(7-1)13-21-17(15-8-2-5-11-19-15)16-9-3-6-12-20-16;1-2/h1-12,17,21H,13H2;1-2H3. The zero-order valence-corrected chi connectivity index (χ0v) is 13.6. The second-order valence-electron chi connectivity index (χ2n) is 4.64. The van der Waals surface area contributed by atoms with E-state index in [-0.39, 0.29) is 6.04 Å². The molecule has 0 aliphatic rings. The maximum Gasteiger partial charge on any atom is 0.0928 e. The number of aromatic nitrogens is 3. The van der Waals surface area contributed by atoms with Gasteiger partial charge in [-0.3, -0.25) is 20.3 Å². The molecule has 0 saturated heterocycles. The summed E-state index contributed by atoms with van der Waals surface area (Å²) in [5.41, 5.74) is 2.90. The quantitative estimate of drug-likeness (QED) is 0.779. The van der Waals surface area contributed by atoms with E-state index in [0.717, 1.165) is 17.1 Å². The van der Waals surface area contributed by atoms with Crippen molar-refractivity contribution in [3.63, 3.8) is 0 Å². The number of hydrogen-bond acceptors (Lipinski definition) is 4. The summed E-state index contributed by atoms with van der Waals surface area (Å²) in [7, 11) is 0. The molecule has 0 aromatic carbocycles. The van der Waals surface area contributed by atoms with Crippen molar-refractivity contribution in [2.45, 2.75) is 26.4 Å². The first-order valence-electron chi connectivity index (χ1n) is 7.88. The summed E-state index contributed by atoms with van der Waals surface area (Å²) in [4.78, 5) is 13.2. The lowest BCUT2D eigenvalue weighted by atomic mass is 10.1. The lowest BCUT2D eigenvalue weighted by molar-refractivity contribution is 0.572. The summed E-state index contributed by atoms with van der Waals surface area (Å²) >= 11 is 0. The molecule has 0 aliphatic heterocycles. The molecule has 0 fully saturated rings. The van der Waals surface area contributed by atoms with E-state index in [4.69, 9.17) is 0 Å². The second-order valence-corrected chi connectivity index (χ2v) is 4.64. The molecule has 0 unspecified atom stereocenters. The molecule has 0 radical (unpaired) electrons. The Hall–Kier alpha value is -2.59. The van der Waals surface area contributed by atoms with Crippen molar-refractivity contribution < 1.29 is 0 Å². The van der Waals surface area contributed by atoms with E-state index >= 15 is 0 Å². The normalized spacial score (nSPS) is 10.0. The lowest BCUT2D eigenvalue weighted by Crippen LogP contribution is -2.24. The molecule has 0 bridgehead atoms. The van der Waals surface area contributed by atoms with E-state index in [1.54, 1.807) is 18.6 Å². The molecule has 3 aromatic rings. The molecule has 23 heavy (non-hydrogen) atoms. The van der Waals surface area contributed by atoms with Gasteiger partial charge in [0.15, 0.2) is 0 Å². The van der Waals surface area contributed by atoms with E-state index in [2.05, 4.69) is 20.3 Å². The van der Waals surface area contributed by atoms with Gasteiger partial charge < -0.3 is 0 Å². The van der Waals surface area contributed by atoms with Crippen molar-refractivity contribution in [1.82, 2.24) is 20.3 Å². The van der Waals surface area contributed by atoms with Crippen molar-refractivity contribution >= 4 is 0 Å². The van der Waals surface area contributed by atoms with Gasteiger partial charge in [0.05, 0.1) is 23.1 Å². The third-order valence-corrected chi connectivity index (χ3v) is 3.18. The van der Waals surface area contributed by atoms with E-state index < -0.39 is 0 Å². The molecule has 0 aliphatic carbocycles. The number of rotatable bonds is 5. The van der Waals surface area contributed by atoms with Crippen LogP contribution in [0.1, 0.15) is 37.0 Å². The van der Waals surface area contributed by atoms with Crippen LogP contribution in [0.4, 0.5) is 0 Å². The first kappa shape index (κ1) is 16.8. The molecular formula is C19H22N4. The van der Waals surface area contributed by atoms with Crippen LogP contribution in [0, 0.1) is 0 Å². The summed E-state index contributed by atoms with van der Waals surface area (Å²) in [5, 5.41) is 3.48. The molecule has 118 valence electrons. The monoisotopic (exact) mass is 306 g/mol. The molecule has 3 heterocycles. The first-order valence-corrected chi connectivity index (χ1v) is 7.88. The molecule has 0 saturated carbocycles. The minimum Gasteiger partial charge on any atom is -0.298 e. The topological polar surface area (TPSA) is 50.7 Å². The van der Waals surface area contributed by atoms with Gasteiger partial charge in [-0.2, -0.15) is 0 Å². The van der Waals surface area contributed by atoms with Crippen molar-refractivity contribution in [1.29, 1.82) is 0 Å². The third-order valence-electron chi connectivity index (χ3n) is 3.18. The molecule has 3 aromatic heterocycles. The minimum absolute atomic E-state index is 0.0468. The first-order chi connectivity index (χ1) is 11.4. The van der Waals surface area contributed by atoms with E-state index in [9.17, 15) is 0 Å². The van der Waals surface area contributed by atoms with Crippen molar-refractivity contribution in [3.05, 3.63) is 90.3 Å². The van der Waals surface area contributed by atoms with Gasteiger partial charge in [0, 0.05) is 25.1 Å². The number of pyridine rings is 3. The predicted octanol–water partition coefficient (Wildman–Crippen LogP) is 3.78. The van der Waals surface area contributed by atoms with Gasteiger partial charge in [-0.25, -0.2) is 0 Å². The van der Waals surface area contributed by atoms with Gasteiger partial charge in [0.25, 0.3) is 0 Å². The van der Waals surface area contributed by atoms with E-state index in [1.165, 1.54) is 0 Å². The van der Waals surface area contributed by atoms with E-state index in [1.807, 2.05) is 68.4 Å². The Kier molecular flexibility index (Phi) is 6.88. The van der Waals surface area contributed by atoms with Crippen LogP contribution in [0.25, 0.3) is 0 Å². The fraction of sp³-hybridized carbons (Fsp3) is 0.211. The van der Waals surface area contributed by atoms with Crippen molar-refractivity contribution in [3.8, 4) is 0 Å². The fourth-order valence-electron chi connectivity index (χ4n) is 2.16. The number of hydrogen-bond donors (Lipinski definition) is 1. The van der Waals surface area contributed by atoms with E-state index in [0.29, 0.717) is 6.54 Å². The highest BCUT2D eigenvalue weighted by Crippen LogP contribution is 2.18. The second kappa shape index (κ2) is 9.43. The maximum atomic E-state index is 4.44. The van der Waals surface area contributed by atoms with Crippen LogP contribution < -0.4 is 5.32 Å². The summed E-state index contributed by atoms with van der Waals surface area (Å²) in [6, 6.07) is 17.7. The van der Waals surface area contributed by atoms with Crippen LogP contribution in [0.2, 0.25) is 0 Å². The van der Waals surface area contributed by atoms with Gasteiger partial charge in [-0.05, 0) is 36.4 Å². The van der Waals surface area contributed by atoms with Gasteiger partial charge >= 0.3 is 0 Å². The Labute approximate surface area is 137 Å². The molecule has 0 spiro atoms. The Morgan fingerprint density at radius 1 is 0.739 bits per heavy atom. The highest BCUT2D eigenvalue weighted by molar-refractivity contribution is 5.22. The summed E-state index contributed by atoms with van der Waals surface area (Å²) in [6.07, 6.45) is 5.40. The van der Waals surface area contributed by atoms with Crippen LogP contribution in [-0.2, 0) is 6.54 Å². The fourth-order valence-corrected chi connectivity index (χ4v) is 2.16. The van der Waals surface area contributed by atoms with Crippen LogP contribution in [0.5, 0.6) is 0 Å². The summed E-state index contributed by atoms with van der Waals surface area (Å²) in [5.74, 6) is 0. The van der Waals surface area contributed by atoms with Crippen molar-refractivity contribution in [2.75, 3.05) is 0 Å². The summed E-state index contributed by atoms with van der Waals surface area (Å²) in [6.45, 7) is 4.67. The summed E-state index contributed by atoms with van der Waals surface area (Å²) < 4.78 is 0. The molecule has 4 heteroatoms. The largest absolute Gasteiger partial charge is 0.298 e.